The van der Waals surface area contributed by atoms with Crippen LogP contribution < -0.4 is 10.2 Å². The van der Waals surface area contributed by atoms with Crippen LogP contribution in [-0.4, -0.2) is 24.0 Å². The normalized spacial score (nSPS) is 15.2. The summed E-state index contributed by atoms with van der Waals surface area (Å²) < 4.78 is 13.6. The molecule has 0 bridgehead atoms. The van der Waals surface area contributed by atoms with Gasteiger partial charge < -0.3 is 10.2 Å². The molecule has 0 saturated carbocycles. The topological polar surface area (TPSA) is 45.2 Å². The number of hydrogen-bond donors (Lipinski definition) is 1. The zero-order valence-electron chi connectivity index (χ0n) is 14.1. The van der Waals surface area contributed by atoms with E-state index in [0.29, 0.717) is 17.3 Å². The maximum Gasteiger partial charge on any atom is 0.223 e. The summed E-state index contributed by atoms with van der Waals surface area (Å²) in [5.74, 6) is -0.215. The highest BCUT2D eigenvalue weighted by Gasteiger charge is 2.25. The maximum absolute atomic E-state index is 13.6. The fourth-order valence-electron chi connectivity index (χ4n) is 3.07. The summed E-state index contributed by atoms with van der Waals surface area (Å²) in [6.45, 7) is 3.69. The first-order chi connectivity index (χ1) is 12.0. The van der Waals surface area contributed by atoms with Gasteiger partial charge in [0, 0.05) is 37.4 Å². The number of aromatic nitrogens is 1. The number of nitrogens with one attached hydrogen (secondary N) is 1. The minimum atomic E-state index is -0.240. The Morgan fingerprint density at radius 3 is 2.76 bits per heavy atom. The average molecular weight is 362 g/mol. The van der Waals surface area contributed by atoms with Gasteiger partial charge in [-0.25, -0.2) is 9.37 Å². The van der Waals surface area contributed by atoms with E-state index in [-0.39, 0.29) is 17.6 Å². The summed E-state index contributed by atoms with van der Waals surface area (Å²) in [4.78, 5) is 18.6. The van der Waals surface area contributed by atoms with E-state index in [1.807, 2.05) is 18.2 Å². The Morgan fingerprint density at radius 1 is 1.32 bits per heavy atom. The number of rotatable bonds is 4. The van der Waals surface area contributed by atoms with Crippen molar-refractivity contribution in [2.45, 2.75) is 26.3 Å². The van der Waals surface area contributed by atoms with Gasteiger partial charge in [0.2, 0.25) is 5.91 Å². The quantitative estimate of drug-likeness (QED) is 0.844. The summed E-state index contributed by atoms with van der Waals surface area (Å²) in [5.41, 5.74) is 2.42. The van der Waals surface area contributed by atoms with Gasteiger partial charge in [0.05, 0.1) is 0 Å². The molecule has 0 spiro atoms. The molecule has 1 fully saturated rings. The molecule has 1 aromatic heterocycles. The molecule has 1 aromatic carbocycles. The number of carbonyl (C=O) groups excluding carboxylic acids is 1. The monoisotopic (exact) mass is 361 g/mol. The standard InChI is InChI=1S/C19H21ClFN3O/c1-13-2-3-14(10-17(13)21)12-23-19(25)15-5-8-24(9-6-15)16-4-7-22-18(20)11-16/h2-4,7,10-11,15H,5-6,8-9,12H2,1H3,(H,23,25). The van der Waals surface area contributed by atoms with Crippen molar-refractivity contribution in [3.05, 3.63) is 58.6 Å². The Balaban J connectivity index is 1.50. The molecule has 2 aromatic rings. The number of amides is 1. The number of hydrogen-bond acceptors (Lipinski definition) is 3. The molecule has 132 valence electrons. The van der Waals surface area contributed by atoms with Crippen LogP contribution in [0.1, 0.15) is 24.0 Å². The van der Waals surface area contributed by atoms with Crippen LogP contribution in [0.5, 0.6) is 0 Å². The van der Waals surface area contributed by atoms with E-state index in [2.05, 4.69) is 15.2 Å². The Morgan fingerprint density at radius 2 is 2.08 bits per heavy atom. The third-order valence-electron chi connectivity index (χ3n) is 4.64. The molecule has 1 saturated heterocycles. The van der Waals surface area contributed by atoms with Gasteiger partial charge >= 0.3 is 0 Å². The van der Waals surface area contributed by atoms with Crippen molar-refractivity contribution in [1.82, 2.24) is 10.3 Å². The molecule has 1 amide bonds. The van der Waals surface area contributed by atoms with Gasteiger partial charge in [0.25, 0.3) is 0 Å². The molecule has 1 aliphatic rings. The lowest BCUT2D eigenvalue weighted by molar-refractivity contribution is -0.125. The van der Waals surface area contributed by atoms with Gasteiger partial charge in [-0.3, -0.25) is 4.79 Å². The number of pyridine rings is 1. The Hall–Kier alpha value is -2.14. The van der Waals surface area contributed by atoms with E-state index in [1.165, 1.54) is 6.07 Å². The third-order valence-corrected chi connectivity index (χ3v) is 4.85. The molecule has 0 radical (unpaired) electrons. The van der Waals surface area contributed by atoms with Crippen LogP contribution in [0.3, 0.4) is 0 Å². The molecule has 0 atom stereocenters. The summed E-state index contributed by atoms with van der Waals surface area (Å²) in [6, 6.07) is 8.82. The van der Waals surface area contributed by atoms with Gasteiger partial charge in [-0.15, -0.1) is 0 Å². The SMILES string of the molecule is Cc1ccc(CNC(=O)C2CCN(c3ccnc(Cl)c3)CC2)cc1F. The van der Waals surface area contributed by atoms with Crippen molar-refractivity contribution in [1.29, 1.82) is 0 Å². The first kappa shape index (κ1) is 17.7. The summed E-state index contributed by atoms with van der Waals surface area (Å²) in [6.07, 6.45) is 3.26. The van der Waals surface area contributed by atoms with Crippen molar-refractivity contribution in [3.8, 4) is 0 Å². The summed E-state index contributed by atoms with van der Waals surface area (Å²) in [7, 11) is 0. The molecular formula is C19H21ClFN3O. The predicted octanol–water partition coefficient (Wildman–Crippen LogP) is 3.72. The van der Waals surface area contributed by atoms with E-state index < -0.39 is 0 Å². The van der Waals surface area contributed by atoms with Gasteiger partial charge in [-0.05, 0) is 49.1 Å². The molecule has 4 nitrogen and oxygen atoms in total. The van der Waals surface area contributed by atoms with E-state index in [0.717, 1.165) is 37.2 Å². The molecule has 3 rings (SSSR count). The van der Waals surface area contributed by atoms with Crippen LogP contribution in [0.25, 0.3) is 0 Å². The van der Waals surface area contributed by atoms with Crippen molar-refractivity contribution in [3.63, 3.8) is 0 Å². The van der Waals surface area contributed by atoms with Crippen LogP contribution in [-0.2, 0) is 11.3 Å². The molecule has 1 N–H and O–H groups in total. The van der Waals surface area contributed by atoms with Crippen molar-refractivity contribution >= 4 is 23.2 Å². The Labute approximate surface area is 152 Å². The highest BCUT2D eigenvalue weighted by molar-refractivity contribution is 6.29. The second-order valence-corrected chi connectivity index (χ2v) is 6.79. The lowest BCUT2D eigenvalue weighted by Crippen LogP contribution is -2.40. The number of anilines is 1. The zero-order valence-corrected chi connectivity index (χ0v) is 14.9. The third kappa shape index (κ3) is 4.48. The highest BCUT2D eigenvalue weighted by Crippen LogP contribution is 2.24. The smallest absolute Gasteiger partial charge is 0.223 e. The Kier molecular flexibility index (Phi) is 5.53. The van der Waals surface area contributed by atoms with Crippen molar-refractivity contribution in [2.24, 2.45) is 5.92 Å². The second-order valence-electron chi connectivity index (χ2n) is 6.40. The number of carbonyl (C=O) groups is 1. The first-order valence-electron chi connectivity index (χ1n) is 8.42. The Bertz CT molecular complexity index is 760. The van der Waals surface area contributed by atoms with E-state index in [1.54, 1.807) is 19.2 Å². The molecule has 0 unspecified atom stereocenters. The number of nitrogens with zero attached hydrogens (tertiary/aromatic N) is 2. The lowest BCUT2D eigenvalue weighted by atomic mass is 9.95. The van der Waals surface area contributed by atoms with Crippen LogP contribution in [0.2, 0.25) is 5.15 Å². The fraction of sp³-hybridized carbons (Fsp3) is 0.368. The molecular weight excluding hydrogens is 341 g/mol. The van der Waals surface area contributed by atoms with Crippen LogP contribution in [0.4, 0.5) is 10.1 Å². The maximum atomic E-state index is 13.6. The number of halogens is 2. The van der Waals surface area contributed by atoms with Gasteiger partial charge in [0.1, 0.15) is 11.0 Å². The number of benzene rings is 1. The van der Waals surface area contributed by atoms with Crippen molar-refractivity contribution in [2.75, 3.05) is 18.0 Å². The summed E-state index contributed by atoms with van der Waals surface area (Å²) in [5, 5.41) is 3.40. The molecule has 6 heteroatoms. The van der Waals surface area contributed by atoms with Crippen LogP contribution >= 0.6 is 11.6 Å². The van der Waals surface area contributed by atoms with Gasteiger partial charge in [-0.2, -0.15) is 0 Å². The fourth-order valence-corrected chi connectivity index (χ4v) is 3.24. The largest absolute Gasteiger partial charge is 0.371 e. The number of aryl methyl sites for hydroxylation is 1. The van der Waals surface area contributed by atoms with Gasteiger partial charge in [-0.1, -0.05) is 23.7 Å². The number of piperidine rings is 1. The minimum Gasteiger partial charge on any atom is -0.371 e. The lowest BCUT2D eigenvalue weighted by Gasteiger charge is -2.33. The first-order valence-corrected chi connectivity index (χ1v) is 8.80. The predicted molar refractivity (Wildman–Crippen MR) is 97.2 cm³/mol. The highest BCUT2D eigenvalue weighted by atomic mass is 35.5. The van der Waals surface area contributed by atoms with E-state index in [4.69, 9.17) is 11.6 Å². The van der Waals surface area contributed by atoms with Crippen LogP contribution in [0, 0.1) is 18.7 Å². The molecule has 25 heavy (non-hydrogen) atoms. The minimum absolute atomic E-state index is 0.0103. The average Bonchev–Trinajstić information content (AvgIpc) is 2.62. The molecule has 1 aliphatic heterocycles. The van der Waals surface area contributed by atoms with Crippen LogP contribution in [0.15, 0.2) is 36.5 Å². The molecule has 0 aliphatic carbocycles. The summed E-state index contributed by atoms with van der Waals surface area (Å²) >= 11 is 5.93. The van der Waals surface area contributed by atoms with Gasteiger partial charge in [0.15, 0.2) is 0 Å². The molecule has 2 heterocycles. The van der Waals surface area contributed by atoms with E-state index >= 15 is 0 Å². The second kappa shape index (κ2) is 7.83. The zero-order chi connectivity index (χ0) is 17.8. The van der Waals surface area contributed by atoms with Crippen molar-refractivity contribution < 1.29 is 9.18 Å². The van der Waals surface area contributed by atoms with E-state index in [9.17, 15) is 9.18 Å².